The van der Waals surface area contributed by atoms with Gasteiger partial charge < -0.3 is 0 Å². The van der Waals surface area contributed by atoms with E-state index in [1.165, 1.54) is 36.7 Å². The Kier molecular flexibility index (Phi) is 7.66. The fourth-order valence-corrected chi connectivity index (χ4v) is 6.30. The van der Waals surface area contributed by atoms with Crippen molar-refractivity contribution in [3.63, 3.8) is 0 Å². The highest BCUT2D eigenvalue weighted by molar-refractivity contribution is 7.94. The van der Waals surface area contributed by atoms with Gasteiger partial charge in [0, 0.05) is 18.1 Å². The monoisotopic (exact) mass is 555 g/mol. The summed E-state index contributed by atoms with van der Waals surface area (Å²) < 4.78 is 55.4. The van der Waals surface area contributed by atoms with Crippen LogP contribution in [0.1, 0.15) is 22.8 Å². The van der Waals surface area contributed by atoms with Gasteiger partial charge in [0.1, 0.15) is 4.21 Å². The van der Waals surface area contributed by atoms with Crippen LogP contribution in [0.15, 0.2) is 105 Å². The minimum atomic E-state index is -3.87. The van der Waals surface area contributed by atoms with E-state index in [9.17, 15) is 21.6 Å². The summed E-state index contributed by atoms with van der Waals surface area (Å²) in [6.07, 6.45) is 2.59. The van der Waals surface area contributed by atoms with Gasteiger partial charge in [-0.05, 0) is 54.3 Å². The average Bonchev–Trinajstić information content (AvgIpc) is 3.44. The number of hydrogen-bond donors (Lipinski definition) is 3. The van der Waals surface area contributed by atoms with E-state index in [1.54, 1.807) is 60.8 Å². The van der Waals surface area contributed by atoms with Gasteiger partial charge in [-0.2, -0.15) is 5.10 Å². The van der Waals surface area contributed by atoms with Crippen LogP contribution in [0.5, 0.6) is 0 Å². The lowest BCUT2D eigenvalue weighted by Gasteiger charge is -2.11. The zero-order chi connectivity index (χ0) is 26.5. The topological polar surface area (TPSA) is 147 Å². The van der Waals surface area contributed by atoms with Crippen molar-refractivity contribution in [2.75, 3.05) is 9.44 Å². The number of hydrogen-bond acceptors (Lipinski definition) is 8. The Morgan fingerprint density at radius 2 is 1.68 bits per heavy atom. The van der Waals surface area contributed by atoms with Gasteiger partial charge in [0.25, 0.3) is 26.0 Å². The summed E-state index contributed by atoms with van der Waals surface area (Å²) in [6.45, 7) is 1.63. The Bertz CT molecular complexity index is 1650. The van der Waals surface area contributed by atoms with E-state index in [0.717, 1.165) is 11.3 Å². The molecule has 0 saturated heterocycles. The first-order valence-electron chi connectivity index (χ1n) is 10.7. The molecule has 1 amide bonds. The summed E-state index contributed by atoms with van der Waals surface area (Å²) in [7, 11) is -7.65. The first-order chi connectivity index (χ1) is 17.7. The van der Waals surface area contributed by atoms with Gasteiger partial charge in [0.15, 0.2) is 0 Å². The normalized spacial score (nSPS) is 12.1. The summed E-state index contributed by atoms with van der Waals surface area (Å²) in [4.78, 5) is 16.8. The first kappa shape index (κ1) is 26.0. The predicted octanol–water partition coefficient (Wildman–Crippen LogP) is 3.90. The van der Waals surface area contributed by atoms with E-state index in [4.69, 9.17) is 0 Å². The standard InChI is InChI=1S/C24H21N5O5S3/c1-17(18-7-5-8-19(15-18)28-36(31,32)20-9-3-2-4-10-20)26-27-24(30)21-16-25-13-12-22(21)29-37(33,34)23-11-6-14-35-23/h2-16,28H,1H3,(H,25,29)(H,27,30). The molecule has 2 aromatic carbocycles. The number of thiophene rings is 1. The number of amides is 1. The average molecular weight is 556 g/mol. The maximum Gasteiger partial charge on any atom is 0.275 e. The molecule has 0 fully saturated rings. The molecule has 190 valence electrons. The molecule has 13 heteroatoms. The molecule has 0 aliphatic carbocycles. The van der Waals surface area contributed by atoms with Crippen LogP contribution in [0.2, 0.25) is 0 Å². The van der Waals surface area contributed by atoms with Gasteiger partial charge in [0.2, 0.25) is 0 Å². The summed E-state index contributed by atoms with van der Waals surface area (Å²) in [5.74, 6) is -0.683. The number of benzene rings is 2. The smallest absolute Gasteiger partial charge is 0.275 e. The zero-order valence-electron chi connectivity index (χ0n) is 19.3. The molecular formula is C24H21N5O5S3. The highest BCUT2D eigenvalue weighted by Crippen LogP contribution is 2.22. The molecule has 0 atom stereocenters. The molecule has 0 spiro atoms. The van der Waals surface area contributed by atoms with Gasteiger partial charge in [-0.15, -0.1) is 11.3 Å². The van der Waals surface area contributed by atoms with E-state index in [-0.39, 0.29) is 20.4 Å². The Labute approximate surface area is 218 Å². The molecule has 10 nitrogen and oxygen atoms in total. The van der Waals surface area contributed by atoms with E-state index in [0.29, 0.717) is 17.0 Å². The van der Waals surface area contributed by atoms with Crippen LogP contribution in [0.25, 0.3) is 0 Å². The van der Waals surface area contributed by atoms with Crippen molar-refractivity contribution in [1.82, 2.24) is 10.4 Å². The van der Waals surface area contributed by atoms with Gasteiger partial charge >= 0.3 is 0 Å². The Hall–Kier alpha value is -4.07. The van der Waals surface area contributed by atoms with Crippen LogP contribution < -0.4 is 14.9 Å². The molecule has 0 bridgehead atoms. The van der Waals surface area contributed by atoms with Crippen LogP contribution >= 0.6 is 11.3 Å². The molecule has 0 aliphatic heterocycles. The van der Waals surface area contributed by atoms with Crippen molar-refractivity contribution < 1.29 is 21.6 Å². The molecule has 4 rings (SSSR count). The number of sulfonamides is 2. The number of nitrogens with one attached hydrogen (secondary N) is 3. The summed E-state index contributed by atoms with van der Waals surface area (Å²) in [5, 5.41) is 5.72. The Morgan fingerprint density at radius 1 is 0.892 bits per heavy atom. The Morgan fingerprint density at radius 3 is 2.41 bits per heavy atom. The number of rotatable bonds is 9. The molecule has 0 aliphatic rings. The van der Waals surface area contributed by atoms with Crippen LogP contribution in [0.3, 0.4) is 0 Å². The second-order valence-corrected chi connectivity index (χ2v) is 12.1. The maximum atomic E-state index is 12.8. The number of carbonyl (C=O) groups is 1. The zero-order valence-corrected chi connectivity index (χ0v) is 21.8. The maximum absolute atomic E-state index is 12.8. The fourth-order valence-electron chi connectivity index (χ4n) is 3.16. The first-order valence-corrected chi connectivity index (χ1v) is 14.5. The van der Waals surface area contributed by atoms with Gasteiger partial charge in [-0.25, -0.2) is 22.3 Å². The molecular weight excluding hydrogens is 534 g/mol. The third-order valence-corrected chi connectivity index (χ3v) is 9.14. The minimum absolute atomic E-state index is 0.0245. The highest BCUT2D eigenvalue weighted by atomic mass is 32.2. The van der Waals surface area contributed by atoms with E-state index >= 15 is 0 Å². The Balaban J connectivity index is 1.49. The van der Waals surface area contributed by atoms with Crippen LogP contribution in [0, 0.1) is 0 Å². The second kappa shape index (κ2) is 10.9. The molecule has 0 unspecified atom stereocenters. The molecule has 0 saturated carbocycles. The van der Waals surface area contributed by atoms with E-state index < -0.39 is 26.0 Å². The minimum Gasteiger partial charge on any atom is -0.280 e. The third-order valence-electron chi connectivity index (χ3n) is 4.98. The summed E-state index contributed by atoms with van der Waals surface area (Å²) in [5.41, 5.74) is 3.67. The van der Waals surface area contributed by atoms with Gasteiger partial charge in [-0.3, -0.25) is 19.2 Å². The molecule has 2 aromatic heterocycles. The SMILES string of the molecule is CC(=NNC(=O)c1cnccc1NS(=O)(=O)c1cccs1)c1cccc(NS(=O)(=O)c2ccccc2)c1. The van der Waals surface area contributed by atoms with Crippen molar-refractivity contribution in [3.8, 4) is 0 Å². The molecule has 0 radical (unpaired) electrons. The van der Waals surface area contributed by atoms with Crippen molar-refractivity contribution in [1.29, 1.82) is 0 Å². The van der Waals surface area contributed by atoms with Crippen molar-refractivity contribution in [2.24, 2.45) is 5.10 Å². The number of nitrogens with zero attached hydrogens (tertiary/aromatic N) is 2. The summed E-state index contributed by atoms with van der Waals surface area (Å²) >= 11 is 1.05. The van der Waals surface area contributed by atoms with Gasteiger partial charge in [-0.1, -0.05) is 36.4 Å². The van der Waals surface area contributed by atoms with Crippen LogP contribution in [-0.2, 0) is 20.0 Å². The third kappa shape index (κ3) is 6.39. The number of anilines is 2. The number of hydrazone groups is 1. The molecule has 3 N–H and O–H groups in total. The highest BCUT2D eigenvalue weighted by Gasteiger charge is 2.20. The molecule has 4 aromatic rings. The number of aromatic nitrogens is 1. The van der Waals surface area contributed by atoms with E-state index in [1.807, 2.05) is 0 Å². The van der Waals surface area contributed by atoms with E-state index in [2.05, 4.69) is 25.0 Å². The van der Waals surface area contributed by atoms with Crippen LogP contribution in [-0.4, -0.2) is 33.4 Å². The largest absolute Gasteiger partial charge is 0.280 e. The fraction of sp³-hybridized carbons (Fsp3) is 0.0417. The molecule has 2 heterocycles. The predicted molar refractivity (Wildman–Crippen MR) is 143 cm³/mol. The summed E-state index contributed by atoms with van der Waals surface area (Å²) in [6, 6.07) is 18.9. The lowest BCUT2D eigenvalue weighted by atomic mass is 10.1. The van der Waals surface area contributed by atoms with Crippen molar-refractivity contribution >= 4 is 54.4 Å². The number of pyridine rings is 1. The second-order valence-electron chi connectivity index (χ2n) is 7.60. The quantitative estimate of drug-likeness (QED) is 0.211. The lowest BCUT2D eigenvalue weighted by Crippen LogP contribution is -2.22. The van der Waals surface area contributed by atoms with Crippen molar-refractivity contribution in [3.05, 3.63) is 102 Å². The van der Waals surface area contributed by atoms with Crippen LogP contribution in [0.4, 0.5) is 11.4 Å². The van der Waals surface area contributed by atoms with Crippen molar-refractivity contribution in [2.45, 2.75) is 16.0 Å². The number of carbonyl (C=O) groups excluding carboxylic acids is 1. The van der Waals surface area contributed by atoms with Gasteiger partial charge in [0.05, 0.1) is 21.9 Å². The molecule has 37 heavy (non-hydrogen) atoms. The lowest BCUT2D eigenvalue weighted by molar-refractivity contribution is 0.0955.